The van der Waals surface area contributed by atoms with Crippen molar-refractivity contribution in [1.29, 1.82) is 0 Å². The second kappa shape index (κ2) is 6.91. The van der Waals surface area contributed by atoms with Crippen LogP contribution in [0.1, 0.15) is 24.6 Å². The van der Waals surface area contributed by atoms with E-state index in [4.69, 9.17) is 15.2 Å². The number of pyridine rings is 1. The number of ether oxygens (including phenoxy) is 2. The maximum absolute atomic E-state index is 5.79. The van der Waals surface area contributed by atoms with Gasteiger partial charge < -0.3 is 15.2 Å². The van der Waals surface area contributed by atoms with Crippen LogP contribution in [-0.2, 0) is 6.54 Å². The second-order valence-corrected chi connectivity index (χ2v) is 4.54. The van der Waals surface area contributed by atoms with Gasteiger partial charge in [-0.2, -0.15) is 0 Å². The van der Waals surface area contributed by atoms with Crippen LogP contribution in [0, 0.1) is 6.92 Å². The van der Waals surface area contributed by atoms with Crippen molar-refractivity contribution in [2.75, 3.05) is 6.61 Å². The Morgan fingerprint density at radius 3 is 2.40 bits per heavy atom. The topological polar surface area (TPSA) is 57.4 Å². The zero-order valence-electron chi connectivity index (χ0n) is 11.9. The second-order valence-electron chi connectivity index (χ2n) is 4.54. The first-order valence-electron chi connectivity index (χ1n) is 6.80. The molecule has 0 saturated carbocycles. The molecule has 0 spiro atoms. The Kier molecular flexibility index (Phi) is 4.96. The van der Waals surface area contributed by atoms with Crippen LogP contribution < -0.4 is 15.2 Å². The van der Waals surface area contributed by atoms with Gasteiger partial charge in [0.15, 0.2) is 0 Å². The van der Waals surface area contributed by atoms with Gasteiger partial charge in [-0.3, -0.25) is 0 Å². The highest BCUT2D eigenvalue weighted by molar-refractivity contribution is 5.36. The molecule has 106 valence electrons. The number of hydrogen-bond acceptors (Lipinski definition) is 4. The quantitative estimate of drug-likeness (QED) is 0.875. The van der Waals surface area contributed by atoms with Crippen molar-refractivity contribution in [2.45, 2.75) is 26.8 Å². The minimum Gasteiger partial charge on any atom is -0.494 e. The van der Waals surface area contributed by atoms with Crippen LogP contribution in [0.2, 0.25) is 0 Å². The third-order valence-electron chi connectivity index (χ3n) is 2.81. The van der Waals surface area contributed by atoms with Gasteiger partial charge in [0.1, 0.15) is 11.5 Å². The number of aromatic nitrogens is 1. The van der Waals surface area contributed by atoms with Crippen LogP contribution in [0.25, 0.3) is 0 Å². The summed E-state index contributed by atoms with van der Waals surface area (Å²) in [4.78, 5) is 4.38. The summed E-state index contributed by atoms with van der Waals surface area (Å²) in [5.41, 5.74) is 7.49. The van der Waals surface area contributed by atoms with Gasteiger partial charge in [-0.15, -0.1) is 0 Å². The summed E-state index contributed by atoms with van der Waals surface area (Å²) in [7, 11) is 0. The summed E-state index contributed by atoms with van der Waals surface area (Å²) in [6.45, 7) is 5.13. The smallest absolute Gasteiger partial charge is 0.223 e. The van der Waals surface area contributed by atoms with Crippen LogP contribution >= 0.6 is 0 Å². The summed E-state index contributed by atoms with van der Waals surface area (Å²) in [6.07, 6.45) is 0.991. The molecule has 0 bridgehead atoms. The Balaban J connectivity index is 2.11. The van der Waals surface area contributed by atoms with E-state index < -0.39 is 0 Å². The molecule has 1 heterocycles. The molecule has 0 saturated heterocycles. The lowest BCUT2D eigenvalue weighted by atomic mass is 10.2. The Hall–Kier alpha value is -2.07. The molecular formula is C16H20N2O2. The van der Waals surface area contributed by atoms with E-state index in [1.54, 1.807) is 0 Å². The van der Waals surface area contributed by atoms with E-state index in [1.807, 2.05) is 43.3 Å². The van der Waals surface area contributed by atoms with Crippen molar-refractivity contribution >= 4 is 0 Å². The number of benzene rings is 1. The van der Waals surface area contributed by atoms with Crippen molar-refractivity contribution in [2.24, 2.45) is 5.73 Å². The van der Waals surface area contributed by atoms with E-state index in [-0.39, 0.29) is 0 Å². The van der Waals surface area contributed by atoms with Crippen molar-refractivity contribution in [1.82, 2.24) is 4.98 Å². The highest BCUT2D eigenvalue weighted by Crippen LogP contribution is 2.25. The largest absolute Gasteiger partial charge is 0.494 e. The first kappa shape index (κ1) is 14.3. The normalized spacial score (nSPS) is 10.3. The van der Waals surface area contributed by atoms with Crippen LogP contribution in [0.3, 0.4) is 0 Å². The fourth-order valence-electron chi connectivity index (χ4n) is 1.74. The number of hydrogen-bond donors (Lipinski definition) is 1. The summed E-state index contributed by atoms with van der Waals surface area (Å²) in [5, 5.41) is 0. The summed E-state index contributed by atoms with van der Waals surface area (Å²) >= 11 is 0. The van der Waals surface area contributed by atoms with Gasteiger partial charge in [-0.05, 0) is 43.7 Å². The zero-order chi connectivity index (χ0) is 14.4. The van der Waals surface area contributed by atoms with E-state index in [0.717, 1.165) is 35.8 Å². The molecule has 2 rings (SSSR count). The summed E-state index contributed by atoms with van der Waals surface area (Å²) < 4.78 is 11.3. The van der Waals surface area contributed by atoms with Gasteiger partial charge >= 0.3 is 0 Å². The first-order chi connectivity index (χ1) is 9.72. The molecule has 0 aliphatic heterocycles. The molecule has 0 unspecified atom stereocenters. The lowest BCUT2D eigenvalue weighted by molar-refractivity contribution is 0.317. The molecular weight excluding hydrogens is 252 g/mol. The standard InChI is InChI=1S/C16H20N2O2/c1-3-10-19-14-6-8-15(9-7-14)20-16-13(11-17)5-4-12(2)18-16/h4-9H,3,10-11,17H2,1-2H3. The molecule has 1 aromatic heterocycles. The lowest BCUT2D eigenvalue weighted by Crippen LogP contribution is -2.02. The van der Waals surface area contributed by atoms with Crippen molar-refractivity contribution < 1.29 is 9.47 Å². The molecule has 0 fully saturated rings. The third-order valence-corrected chi connectivity index (χ3v) is 2.81. The molecule has 2 N–H and O–H groups in total. The van der Waals surface area contributed by atoms with E-state index in [2.05, 4.69) is 11.9 Å². The maximum Gasteiger partial charge on any atom is 0.223 e. The molecule has 0 atom stereocenters. The minimum atomic E-state index is 0.403. The van der Waals surface area contributed by atoms with Gasteiger partial charge in [0, 0.05) is 17.8 Å². The zero-order valence-corrected chi connectivity index (χ0v) is 11.9. The van der Waals surface area contributed by atoms with Gasteiger partial charge in [-0.25, -0.2) is 4.98 Å². The highest BCUT2D eigenvalue weighted by atomic mass is 16.5. The van der Waals surface area contributed by atoms with Gasteiger partial charge in [-0.1, -0.05) is 13.0 Å². The monoisotopic (exact) mass is 272 g/mol. The summed E-state index contributed by atoms with van der Waals surface area (Å²) in [5.74, 6) is 2.13. The molecule has 4 nitrogen and oxygen atoms in total. The van der Waals surface area contributed by atoms with E-state index >= 15 is 0 Å². The van der Waals surface area contributed by atoms with Gasteiger partial charge in [0.05, 0.1) is 6.61 Å². The molecule has 0 aliphatic carbocycles. The number of nitrogens with zero attached hydrogens (tertiary/aromatic N) is 1. The van der Waals surface area contributed by atoms with Crippen LogP contribution in [0.4, 0.5) is 0 Å². The van der Waals surface area contributed by atoms with Crippen molar-refractivity contribution in [3.05, 3.63) is 47.7 Å². The highest BCUT2D eigenvalue weighted by Gasteiger charge is 2.06. The van der Waals surface area contributed by atoms with Crippen LogP contribution in [0.15, 0.2) is 36.4 Å². The fourth-order valence-corrected chi connectivity index (χ4v) is 1.74. The predicted octanol–water partition coefficient (Wildman–Crippen LogP) is 3.43. The molecule has 0 amide bonds. The first-order valence-corrected chi connectivity index (χ1v) is 6.80. The Morgan fingerprint density at radius 2 is 1.75 bits per heavy atom. The van der Waals surface area contributed by atoms with Crippen LogP contribution in [0.5, 0.6) is 17.4 Å². The molecule has 2 aromatic rings. The molecule has 0 radical (unpaired) electrons. The van der Waals surface area contributed by atoms with Crippen molar-refractivity contribution in [3.8, 4) is 17.4 Å². The minimum absolute atomic E-state index is 0.403. The lowest BCUT2D eigenvalue weighted by Gasteiger charge is -2.10. The fraction of sp³-hybridized carbons (Fsp3) is 0.312. The van der Waals surface area contributed by atoms with E-state index in [0.29, 0.717) is 12.4 Å². The predicted molar refractivity (Wildman–Crippen MR) is 79.2 cm³/mol. The number of rotatable bonds is 6. The number of aryl methyl sites for hydroxylation is 1. The Bertz CT molecular complexity index is 553. The molecule has 20 heavy (non-hydrogen) atoms. The van der Waals surface area contributed by atoms with Gasteiger partial charge in [0.2, 0.25) is 5.88 Å². The Labute approximate surface area is 119 Å². The van der Waals surface area contributed by atoms with Crippen LogP contribution in [-0.4, -0.2) is 11.6 Å². The third kappa shape index (κ3) is 3.71. The molecule has 4 heteroatoms. The molecule has 0 aliphatic rings. The number of nitrogens with two attached hydrogens (primary N) is 1. The Morgan fingerprint density at radius 1 is 1.05 bits per heavy atom. The SMILES string of the molecule is CCCOc1ccc(Oc2nc(C)ccc2CN)cc1. The van der Waals surface area contributed by atoms with Crippen molar-refractivity contribution in [3.63, 3.8) is 0 Å². The van der Waals surface area contributed by atoms with Gasteiger partial charge in [0.25, 0.3) is 0 Å². The maximum atomic E-state index is 5.79. The molecule has 1 aromatic carbocycles. The summed E-state index contributed by atoms with van der Waals surface area (Å²) in [6, 6.07) is 11.4. The average Bonchev–Trinajstić information content (AvgIpc) is 2.47. The van der Waals surface area contributed by atoms with E-state index in [1.165, 1.54) is 0 Å². The average molecular weight is 272 g/mol. The van der Waals surface area contributed by atoms with E-state index in [9.17, 15) is 0 Å².